The highest BCUT2D eigenvalue weighted by Gasteiger charge is 2.51. The first kappa shape index (κ1) is 22.6. The van der Waals surface area contributed by atoms with Crippen molar-refractivity contribution in [2.45, 2.75) is 31.8 Å². The molecule has 1 N–H and O–H groups in total. The second-order valence-corrected chi connectivity index (χ2v) is 9.74. The number of hydrogen-bond acceptors (Lipinski definition) is 4. The Morgan fingerprint density at radius 2 is 1.94 bits per heavy atom. The van der Waals surface area contributed by atoms with Crippen molar-refractivity contribution in [3.05, 3.63) is 39.9 Å². The Labute approximate surface area is 193 Å². The van der Waals surface area contributed by atoms with Gasteiger partial charge in [0.1, 0.15) is 6.54 Å². The molecule has 1 saturated carbocycles. The van der Waals surface area contributed by atoms with Gasteiger partial charge in [-0.15, -0.1) is 0 Å². The highest BCUT2D eigenvalue weighted by molar-refractivity contribution is 6.42. The standard InChI is InChI=1S/C23H29Cl2N3O3/c24-18-4-2-17(14-19(18)25)3-5-21(30)28-13-12-27(22(31)16-28)10-1-9-26-11-8-23(6-7-23)20(29)15-26/h2-5,14,20,29H,1,6-13,15-16H2/t20-/m1/s1. The quantitative estimate of drug-likeness (QED) is 0.655. The molecule has 8 heteroatoms. The van der Waals surface area contributed by atoms with Gasteiger partial charge in [0, 0.05) is 32.3 Å². The van der Waals surface area contributed by atoms with Crippen LogP contribution >= 0.6 is 23.2 Å². The summed E-state index contributed by atoms with van der Waals surface area (Å²) in [6.07, 6.45) is 7.26. The van der Waals surface area contributed by atoms with Crippen molar-refractivity contribution in [2.75, 3.05) is 45.8 Å². The van der Waals surface area contributed by atoms with Crippen molar-refractivity contribution in [1.29, 1.82) is 0 Å². The molecular weight excluding hydrogens is 437 g/mol. The van der Waals surface area contributed by atoms with Crippen molar-refractivity contribution in [3.8, 4) is 0 Å². The Morgan fingerprint density at radius 3 is 2.61 bits per heavy atom. The van der Waals surface area contributed by atoms with E-state index in [0.29, 0.717) is 29.7 Å². The molecule has 2 saturated heterocycles. The smallest absolute Gasteiger partial charge is 0.247 e. The SMILES string of the molecule is O=C(C=Cc1ccc(Cl)c(Cl)c1)N1CCN(CCCN2CCC3(CC3)[C@H](O)C2)C(=O)C1. The zero-order valence-corrected chi connectivity index (χ0v) is 19.1. The predicted molar refractivity (Wildman–Crippen MR) is 122 cm³/mol. The molecule has 31 heavy (non-hydrogen) atoms. The molecular formula is C23H29Cl2N3O3. The van der Waals surface area contributed by atoms with Gasteiger partial charge in [0.05, 0.1) is 16.1 Å². The van der Waals surface area contributed by atoms with Crippen LogP contribution in [-0.4, -0.2) is 83.5 Å². The Hall–Kier alpha value is -1.60. The molecule has 1 aliphatic carbocycles. The molecule has 2 aliphatic heterocycles. The fourth-order valence-corrected chi connectivity index (χ4v) is 4.84. The number of nitrogens with zero attached hydrogens (tertiary/aromatic N) is 3. The maximum absolute atomic E-state index is 12.5. The zero-order chi connectivity index (χ0) is 22.0. The molecule has 0 aromatic heterocycles. The lowest BCUT2D eigenvalue weighted by Crippen LogP contribution is -2.52. The van der Waals surface area contributed by atoms with Crippen LogP contribution in [0.15, 0.2) is 24.3 Å². The molecule has 0 unspecified atom stereocenters. The lowest BCUT2D eigenvalue weighted by atomic mass is 9.90. The summed E-state index contributed by atoms with van der Waals surface area (Å²) in [7, 11) is 0. The first-order valence-corrected chi connectivity index (χ1v) is 11.7. The largest absolute Gasteiger partial charge is 0.391 e. The van der Waals surface area contributed by atoms with Crippen LogP contribution in [0.4, 0.5) is 0 Å². The van der Waals surface area contributed by atoms with Gasteiger partial charge in [-0.2, -0.15) is 0 Å². The van der Waals surface area contributed by atoms with E-state index in [2.05, 4.69) is 4.90 Å². The van der Waals surface area contributed by atoms with Crippen molar-refractivity contribution < 1.29 is 14.7 Å². The van der Waals surface area contributed by atoms with Crippen molar-refractivity contribution in [1.82, 2.24) is 14.7 Å². The summed E-state index contributed by atoms with van der Waals surface area (Å²) >= 11 is 11.9. The number of halogens is 2. The van der Waals surface area contributed by atoms with E-state index in [-0.39, 0.29) is 29.9 Å². The summed E-state index contributed by atoms with van der Waals surface area (Å²) < 4.78 is 0. The molecule has 168 valence electrons. The van der Waals surface area contributed by atoms with Crippen molar-refractivity contribution >= 4 is 41.1 Å². The van der Waals surface area contributed by atoms with E-state index < -0.39 is 0 Å². The number of β-amino-alcohol motifs (C(OH)–C–C–N with tert-alkyl or cyclic N) is 1. The highest BCUT2D eigenvalue weighted by Crippen LogP contribution is 2.53. The van der Waals surface area contributed by atoms with E-state index in [9.17, 15) is 14.7 Å². The number of piperidine rings is 1. The minimum atomic E-state index is -0.200. The summed E-state index contributed by atoms with van der Waals surface area (Å²) in [5.41, 5.74) is 1.01. The second kappa shape index (κ2) is 9.49. The van der Waals surface area contributed by atoms with Crippen LogP contribution in [0.2, 0.25) is 10.0 Å². The molecule has 4 rings (SSSR count). The molecule has 0 bridgehead atoms. The Kier molecular flexibility index (Phi) is 6.92. The average Bonchev–Trinajstić information content (AvgIpc) is 3.53. The molecule has 3 aliphatic rings. The summed E-state index contributed by atoms with van der Waals surface area (Å²) in [6.45, 7) is 4.57. The molecule has 1 aromatic rings. The Bertz CT molecular complexity index is 872. The molecule has 6 nitrogen and oxygen atoms in total. The van der Waals surface area contributed by atoms with Gasteiger partial charge in [-0.25, -0.2) is 0 Å². The lowest BCUT2D eigenvalue weighted by Gasteiger charge is -2.37. The molecule has 1 aromatic carbocycles. The number of rotatable bonds is 6. The third kappa shape index (κ3) is 5.43. The van der Waals surface area contributed by atoms with Crippen LogP contribution in [0.25, 0.3) is 6.08 Å². The molecule has 2 amide bonds. The van der Waals surface area contributed by atoms with Gasteiger partial charge in [-0.05, 0) is 68.0 Å². The van der Waals surface area contributed by atoms with Crippen LogP contribution in [-0.2, 0) is 9.59 Å². The van der Waals surface area contributed by atoms with Crippen LogP contribution in [0.3, 0.4) is 0 Å². The minimum Gasteiger partial charge on any atom is -0.391 e. The number of carbonyl (C=O) groups is 2. The third-order valence-corrected chi connectivity index (χ3v) is 7.59. The summed E-state index contributed by atoms with van der Waals surface area (Å²) in [5.74, 6) is -0.200. The van der Waals surface area contributed by atoms with Gasteiger partial charge in [0.15, 0.2) is 0 Å². The molecule has 1 spiro atoms. The van der Waals surface area contributed by atoms with Gasteiger partial charge < -0.3 is 19.8 Å². The number of aliphatic hydroxyl groups is 1. The topological polar surface area (TPSA) is 64.1 Å². The molecule has 2 heterocycles. The normalized spacial score (nSPS) is 23.7. The fourth-order valence-electron chi connectivity index (χ4n) is 4.53. The van der Waals surface area contributed by atoms with E-state index in [0.717, 1.165) is 38.0 Å². The number of piperazine rings is 1. The zero-order valence-electron chi connectivity index (χ0n) is 17.6. The summed E-state index contributed by atoms with van der Waals surface area (Å²) in [6, 6.07) is 5.17. The van der Waals surface area contributed by atoms with Crippen LogP contribution in [0, 0.1) is 5.41 Å². The van der Waals surface area contributed by atoms with Crippen molar-refractivity contribution in [3.63, 3.8) is 0 Å². The molecule has 1 atom stereocenters. The van der Waals surface area contributed by atoms with Gasteiger partial charge in [-0.1, -0.05) is 29.3 Å². The van der Waals surface area contributed by atoms with E-state index in [1.54, 1.807) is 29.2 Å². The van der Waals surface area contributed by atoms with E-state index >= 15 is 0 Å². The Morgan fingerprint density at radius 1 is 1.13 bits per heavy atom. The van der Waals surface area contributed by atoms with Crippen molar-refractivity contribution in [2.24, 2.45) is 5.41 Å². The van der Waals surface area contributed by atoms with Gasteiger partial charge in [0.25, 0.3) is 0 Å². The van der Waals surface area contributed by atoms with E-state index in [4.69, 9.17) is 23.2 Å². The monoisotopic (exact) mass is 465 g/mol. The van der Waals surface area contributed by atoms with Gasteiger partial charge in [-0.3, -0.25) is 9.59 Å². The predicted octanol–water partition coefficient (Wildman–Crippen LogP) is 2.91. The van der Waals surface area contributed by atoms with Gasteiger partial charge >= 0.3 is 0 Å². The van der Waals surface area contributed by atoms with Crippen LogP contribution < -0.4 is 0 Å². The van der Waals surface area contributed by atoms with E-state index in [1.165, 1.54) is 18.9 Å². The number of amides is 2. The summed E-state index contributed by atoms with van der Waals surface area (Å²) in [4.78, 5) is 30.7. The number of benzene rings is 1. The molecule has 0 radical (unpaired) electrons. The number of likely N-dealkylation sites (tertiary alicyclic amines) is 1. The van der Waals surface area contributed by atoms with Crippen LogP contribution in [0.1, 0.15) is 31.2 Å². The third-order valence-electron chi connectivity index (χ3n) is 6.85. The Balaban J connectivity index is 1.19. The van der Waals surface area contributed by atoms with E-state index in [1.807, 2.05) is 4.90 Å². The maximum atomic E-state index is 12.5. The van der Waals surface area contributed by atoms with Gasteiger partial charge in [0.2, 0.25) is 11.8 Å². The molecule has 3 fully saturated rings. The first-order chi connectivity index (χ1) is 14.9. The number of carbonyl (C=O) groups excluding carboxylic acids is 2. The highest BCUT2D eigenvalue weighted by atomic mass is 35.5. The van der Waals surface area contributed by atoms with Crippen LogP contribution in [0.5, 0.6) is 0 Å². The second-order valence-electron chi connectivity index (χ2n) is 8.93. The average molecular weight is 466 g/mol. The maximum Gasteiger partial charge on any atom is 0.247 e. The lowest BCUT2D eigenvalue weighted by molar-refractivity contribution is -0.143. The minimum absolute atomic E-state index is 0.0156. The summed E-state index contributed by atoms with van der Waals surface area (Å²) in [5, 5.41) is 11.2. The number of hydrogen-bond donors (Lipinski definition) is 1. The number of aliphatic hydroxyl groups excluding tert-OH is 1. The fraction of sp³-hybridized carbons (Fsp3) is 0.565. The first-order valence-electron chi connectivity index (χ1n) is 11.0.